The summed E-state index contributed by atoms with van der Waals surface area (Å²) in [5, 5.41) is 9.16. The minimum atomic E-state index is -4.68. The van der Waals surface area contributed by atoms with Crippen LogP contribution in [0, 0.1) is 0 Å². The third-order valence-electron chi connectivity index (χ3n) is 3.30. The fourth-order valence-electron chi connectivity index (χ4n) is 1.95. The van der Waals surface area contributed by atoms with Crippen LogP contribution in [0.1, 0.15) is 33.1 Å². The number of hydrogen-bond acceptors (Lipinski definition) is 3. The molecule has 0 spiro atoms. The number of hydrogen-bond donors (Lipinski definition) is 1. The number of alkyl halides is 3. The van der Waals surface area contributed by atoms with Crippen LogP contribution in [-0.4, -0.2) is 51.8 Å². The highest BCUT2D eigenvalue weighted by Crippen LogP contribution is 2.38. The lowest BCUT2D eigenvalue weighted by molar-refractivity contribution is -0.253. The summed E-state index contributed by atoms with van der Waals surface area (Å²) in [7, 11) is 0. The van der Waals surface area contributed by atoms with Crippen LogP contribution in [0.3, 0.4) is 0 Å². The smallest absolute Gasteiger partial charge is 0.379 e. The van der Waals surface area contributed by atoms with Gasteiger partial charge < -0.3 is 10.0 Å². The van der Waals surface area contributed by atoms with E-state index < -0.39 is 24.7 Å². The Morgan fingerprint density at radius 1 is 1.53 bits per heavy atom. The van der Waals surface area contributed by atoms with Crippen LogP contribution < -0.4 is 0 Å². The zero-order valence-electron chi connectivity index (χ0n) is 11.2. The molecule has 1 aliphatic heterocycles. The zero-order valence-corrected chi connectivity index (χ0v) is 12.0. The number of carbonyl (C=O) groups excluding carboxylic acids is 1. The van der Waals surface area contributed by atoms with Crippen molar-refractivity contribution in [3.63, 3.8) is 0 Å². The Hall–Kier alpha value is -0.430. The second-order valence-electron chi connectivity index (χ2n) is 4.91. The molecule has 1 fully saturated rings. The molecule has 1 heterocycles. The van der Waals surface area contributed by atoms with E-state index in [9.17, 15) is 23.1 Å². The van der Waals surface area contributed by atoms with E-state index in [2.05, 4.69) is 0 Å². The number of rotatable bonds is 5. The highest BCUT2D eigenvalue weighted by molar-refractivity contribution is 8.00. The van der Waals surface area contributed by atoms with Crippen molar-refractivity contribution in [1.82, 2.24) is 4.90 Å². The lowest BCUT2D eigenvalue weighted by atomic mass is 10.0. The summed E-state index contributed by atoms with van der Waals surface area (Å²) in [6, 6.07) is 0. The Morgan fingerprint density at radius 2 is 2.16 bits per heavy atom. The van der Waals surface area contributed by atoms with Gasteiger partial charge in [-0.15, -0.1) is 11.8 Å². The van der Waals surface area contributed by atoms with E-state index >= 15 is 0 Å². The first-order valence-corrected chi connectivity index (χ1v) is 7.45. The first kappa shape index (κ1) is 16.6. The summed E-state index contributed by atoms with van der Waals surface area (Å²) >= 11 is 1.45. The monoisotopic (exact) mass is 299 g/mol. The molecular formula is C12H20F3NO2S. The van der Waals surface area contributed by atoms with Crippen molar-refractivity contribution in [1.29, 1.82) is 0 Å². The van der Waals surface area contributed by atoms with Gasteiger partial charge >= 0.3 is 6.18 Å². The molecule has 3 nitrogen and oxygen atoms in total. The van der Waals surface area contributed by atoms with Crippen LogP contribution in [0.15, 0.2) is 0 Å². The lowest BCUT2D eigenvalue weighted by Crippen LogP contribution is -2.48. The van der Waals surface area contributed by atoms with Gasteiger partial charge in [-0.2, -0.15) is 13.2 Å². The molecule has 0 radical (unpaired) electrons. The van der Waals surface area contributed by atoms with E-state index in [1.165, 1.54) is 11.8 Å². The number of nitrogens with zero attached hydrogens (tertiary/aromatic N) is 1. The van der Waals surface area contributed by atoms with Gasteiger partial charge in [-0.05, 0) is 19.1 Å². The quantitative estimate of drug-likeness (QED) is 0.793. The van der Waals surface area contributed by atoms with Gasteiger partial charge in [0, 0.05) is 13.0 Å². The molecule has 19 heavy (non-hydrogen) atoms. The largest absolute Gasteiger partial charge is 0.419 e. The van der Waals surface area contributed by atoms with Crippen molar-refractivity contribution in [3.8, 4) is 0 Å². The third kappa shape index (κ3) is 4.02. The lowest BCUT2D eigenvalue weighted by Gasteiger charge is -2.26. The SMILES string of the molecule is CCCCS[C@H](C)C(=O)N1CC[C@@](O)(C(F)(F)F)C1. The molecule has 1 aliphatic rings. The molecule has 0 unspecified atom stereocenters. The van der Waals surface area contributed by atoms with Crippen LogP contribution in [0.2, 0.25) is 0 Å². The maximum Gasteiger partial charge on any atom is 0.419 e. The number of amides is 1. The Balaban J connectivity index is 2.52. The van der Waals surface area contributed by atoms with Crippen molar-refractivity contribution in [2.24, 2.45) is 0 Å². The molecule has 1 saturated heterocycles. The van der Waals surface area contributed by atoms with E-state index in [1.807, 2.05) is 6.92 Å². The van der Waals surface area contributed by atoms with Gasteiger partial charge in [-0.1, -0.05) is 13.3 Å². The van der Waals surface area contributed by atoms with Gasteiger partial charge in [0.15, 0.2) is 5.60 Å². The minimum Gasteiger partial charge on any atom is -0.379 e. The molecule has 0 aromatic heterocycles. The Bertz CT molecular complexity index is 325. The summed E-state index contributed by atoms with van der Waals surface area (Å²) in [6.45, 7) is 3.06. The number of halogens is 3. The van der Waals surface area contributed by atoms with Crippen molar-refractivity contribution < 1.29 is 23.1 Å². The van der Waals surface area contributed by atoms with Crippen molar-refractivity contribution >= 4 is 17.7 Å². The topological polar surface area (TPSA) is 40.5 Å². The second kappa shape index (κ2) is 6.35. The number of β-amino-alcohol motifs (C(OH)–C–C–N with tert-alkyl or cyclic N) is 1. The van der Waals surface area contributed by atoms with Gasteiger partial charge in [0.2, 0.25) is 5.91 Å². The van der Waals surface area contributed by atoms with E-state index in [4.69, 9.17) is 0 Å². The molecule has 1 rings (SSSR count). The molecule has 7 heteroatoms. The maximum absolute atomic E-state index is 12.6. The highest BCUT2D eigenvalue weighted by Gasteiger charge is 2.57. The Kier molecular flexibility index (Phi) is 5.55. The fourth-order valence-corrected chi connectivity index (χ4v) is 3.05. The minimum absolute atomic E-state index is 0.0342. The molecule has 2 atom stereocenters. The summed E-state index contributed by atoms with van der Waals surface area (Å²) in [4.78, 5) is 13.1. The second-order valence-corrected chi connectivity index (χ2v) is 6.35. The summed E-state index contributed by atoms with van der Waals surface area (Å²) in [5.41, 5.74) is -2.74. The molecule has 1 N–H and O–H groups in total. The normalized spacial score (nSPS) is 25.7. The standard InChI is InChI=1S/C12H20F3NO2S/c1-3-4-7-19-9(2)10(17)16-6-5-11(18,8-16)12(13,14)15/h9,18H,3-8H2,1-2H3/t9-,11+/m1/s1. The first-order valence-electron chi connectivity index (χ1n) is 6.41. The van der Waals surface area contributed by atoms with E-state index in [1.54, 1.807) is 6.92 Å². The van der Waals surface area contributed by atoms with Crippen LogP contribution in [0.4, 0.5) is 13.2 Å². The van der Waals surface area contributed by atoms with Gasteiger partial charge in [-0.3, -0.25) is 4.79 Å². The molecule has 112 valence electrons. The average molecular weight is 299 g/mol. The molecule has 0 aliphatic carbocycles. The van der Waals surface area contributed by atoms with Crippen molar-refractivity contribution in [2.75, 3.05) is 18.8 Å². The van der Waals surface area contributed by atoms with Gasteiger partial charge in [0.1, 0.15) is 0 Å². The van der Waals surface area contributed by atoms with Crippen LogP contribution in [0.25, 0.3) is 0 Å². The summed E-state index contributed by atoms with van der Waals surface area (Å²) < 4.78 is 37.9. The van der Waals surface area contributed by atoms with E-state index in [0.717, 1.165) is 23.5 Å². The maximum atomic E-state index is 12.6. The number of aliphatic hydroxyl groups is 1. The predicted octanol–water partition coefficient (Wildman–Crippen LogP) is 2.43. The van der Waals surface area contributed by atoms with Gasteiger partial charge in [-0.25, -0.2) is 0 Å². The molecule has 0 saturated carbocycles. The third-order valence-corrected chi connectivity index (χ3v) is 4.53. The van der Waals surface area contributed by atoms with Crippen LogP contribution in [0.5, 0.6) is 0 Å². The number of likely N-dealkylation sites (tertiary alicyclic amines) is 1. The first-order chi connectivity index (χ1) is 8.71. The molecule has 0 aromatic rings. The number of thioether (sulfide) groups is 1. The fraction of sp³-hybridized carbons (Fsp3) is 0.917. The Morgan fingerprint density at radius 3 is 2.63 bits per heavy atom. The molecule has 0 aromatic carbocycles. The van der Waals surface area contributed by atoms with Gasteiger partial charge in [0.25, 0.3) is 0 Å². The van der Waals surface area contributed by atoms with Crippen LogP contribution in [-0.2, 0) is 4.79 Å². The van der Waals surface area contributed by atoms with Gasteiger partial charge in [0.05, 0.1) is 11.8 Å². The molecular weight excluding hydrogens is 279 g/mol. The van der Waals surface area contributed by atoms with E-state index in [0.29, 0.717) is 0 Å². The molecule has 1 amide bonds. The number of carbonyl (C=O) groups is 1. The van der Waals surface area contributed by atoms with Crippen LogP contribution >= 0.6 is 11.8 Å². The Labute approximate surface area is 115 Å². The number of unbranched alkanes of at least 4 members (excludes halogenated alkanes) is 1. The van der Waals surface area contributed by atoms with E-state index in [-0.39, 0.29) is 17.7 Å². The summed E-state index contributed by atoms with van der Waals surface area (Å²) in [6.07, 6.45) is -3.12. The highest BCUT2D eigenvalue weighted by atomic mass is 32.2. The summed E-state index contributed by atoms with van der Waals surface area (Å²) in [5.74, 6) is 0.502. The van der Waals surface area contributed by atoms with Crippen molar-refractivity contribution in [3.05, 3.63) is 0 Å². The average Bonchev–Trinajstić information content (AvgIpc) is 2.72. The zero-order chi connectivity index (χ0) is 14.7. The molecule has 0 bridgehead atoms. The van der Waals surface area contributed by atoms with Crippen molar-refractivity contribution in [2.45, 2.75) is 50.1 Å². The predicted molar refractivity (Wildman–Crippen MR) is 69.0 cm³/mol.